The van der Waals surface area contributed by atoms with E-state index in [9.17, 15) is 0 Å². The lowest BCUT2D eigenvalue weighted by Crippen LogP contribution is -2.03. The van der Waals surface area contributed by atoms with Gasteiger partial charge in [0.25, 0.3) is 0 Å². The Morgan fingerprint density at radius 3 is 1.96 bits per heavy atom. The quantitative estimate of drug-likeness (QED) is 0.165. The minimum Gasteiger partial charge on any atom is -0.296 e. The van der Waals surface area contributed by atoms with Crippen LogP contribution in [0.15, 0.2) is 176 Å². The lowest BCUT2D eigenvalue weighted by Gasteiger charge is -2.21. The summed E-state index contributed by atoms with van der Waals surface area (Å²) in [7, 11) is 0. The van der Waals surface area contributed by atoms with E-state index < -0.39 is 61.6 Å². The molecule has 9 aromatic rings. The van der Waals surface area contributed by atoms with Gasteiger partial charge in [0, 0.05) is 18.8 Å². The molecule has 0 unspecified atom stereocenters. The van der Waals surface area contributed by atoms with Crippen LogP contribution < -0.4 is 0 Å². The molecule has 8 aromatic carbocycles. The molecule has 0 aliphatic carbocycles. The van der Waals surface area contributed by atoms with Crippen LogP contribution in [0.1, 0.15) is 33.2 Å². The van der Waals surface area contributed by atoms with Gasteiger partial charge in [-0.05, 0) is 90.8 Å². The molecule has 232 valence electrons. The molecule has 0 amide bonds. The second-order valence-electron chi connectivity index (χ2n) is 11.5. The van der Waals surface area contributed by atoms with Crippen LogP contribution >= 0.6 is 0 Å². The fourth-order valence-corrected chi connectivity index (χ4v) is 6.79. The first-order chi connectivity index (χ1) is 30.3. The van der Waals surface area contributed by atoms with Gasteiger partial charge in [-0.3, -0.25) is 4.57 Å². The van der Waals surface area contributed by atoms with Gasteiger partial charge in [0.05, 0.1) is 30.4 Å². The van der Waals surface area contributed by atoms with Crippen molar-refractivity contribution in [1.29, 1.82) is 0 Å². The summed E-state index contributed by atoms with van der Waals surface area (Å²) in [5.41, 5.74) is 4.36. The Kier molecular flexibility index (Phi) is 4.25. The molecule has 0 spiro atoms. The van der Waals surface area contributed by atoms with Gasteiger partial charge < -0.3 is 0 Å². The molecular formula is C47H34N2. The average molecular weight is 642 g/mol. The summed E-state index contributed by atoms with van der Waals surface area (Å²) in [4.78, 5) is 4.57. The van der Waals surface area contributed by atoms with E-state index in [1.807, 2.05) is 42.5 Å². The van der Waals surface area contributed by atoms with Crippen molar-refractivity contribution in [2.45, 2.75) is 13.2 Å². The Morgan fingerprint density at radius 1 is 0.551 bits per heavy atom. The summed E-state index contributed by atoms with van der Waals surface area (Å²) in [6, 6.07) is 29.2. The van der Waals surface area contributed by atoms with Crippen LogP contribution in [-0.2, 0) is 6.37 Å². The van der Waals surface area contributed by atoms with Crippen molar-refractivity contribution in [2.75, 3.05) is 0 Å². The first kappa shape index (κ1) is 17.2. The van der Waals surface area contributed by atoms with Gasteiger partial charge >= 0.3 is 0 Å². The Bertz CT molecular complexity index is 3370. The molecule has 2 nitrogen and oxygen atoms in total. The van der Waals surface area contributed by atoms with Crippen molar-refractivity contribution >= 4 is 32.6 Å². The molecule has 2 heteroatoms. The molecule has 0 N–H and O–H groups in total. The lowest BCUT2D eigenvalue weighted by molar-refractivity contribution is 0.909. The predicted octanol–water partition coefficient (Wildman–Crippen LogP) is 12.6. The van der Waals surface area contributed by atoms with E-state index in [4.69, 9.17) is 20.6 Å². The third-order valence-electron chi connectivity index (χ3n) is 8.84. The fraction of sp³-hybridized carbons (Fsp3) is 0.0426. The molecule has 0 bridgehead atoms. The van der Waals surface area contributed by atoms with E-state index in [1.165, 1.54) is 4.57 Å². The van der Waals surface area contributed by atoms with Crippen molar-refractivity contribution in [1.82, 2.24) is 9.55 Å². The molecule has 0 fully saturated rings. The topological polar surface area (TPSA) is 17.8 Å². The van der Waals surface area contributed by atoms with Crippen LogP contribution in [0, 0.1) is 0 Å². The maximum absolute atomic E-state index is 8.92. The third-order valence-corrected chi connectivity index (χ3v) is 8.84. The van der Waals surface area contributed by atoms with Gasteiger partial charge in [-0.25, -0.2) is 4.98 Å². The number of hydrogen-bond acceptors (Lipinski definition) is 1. The second kappa shape index (κ2) is 12.1. The molecule has 0 atom stereocenters. The van der Waals surface area contributed by atoms with E-state index >= 15 is 0 Å². The molecule has 0 radical (unpaired) electrons. The highest BCUT2D eigenvalue weighted by atomic mass is 15.1. The second-order valence-corrected chi connectivity index (χ2v) is 11.5. The van der Waals surface area contributed by atoms with Gasteiger partial charge in [-0.2, -0.15) is 0 Å². The average Bonchev–Trinajstić information content (AvgIpc) is 3.68. The van der Waals surface area contributed by atoms with Crippen LogP contribution in [0.3, 0.4) is 0 Å². The Balaban J connectivity index is 1.43. The molecule has 1 heterocycles. The summed E-state index contributed by atoms with van der Waals surface area (Å²) < 4.78 is 129. The van der Waals surface area contributed by atoms with Gasteiger partial charge in [-0.1, -0.05) is 152 Å². The molecule has 1 aromatic heterocycles. The Labute approximate surface area is 307 Å². The summed E-state index contributed by atoms with van der Waals surface area (Å²) in [5, 5.41) is 2.57. The van der Waals surface area contributed by atoms with Crippen molar-refractivity contribution in [3.8, 4) is 50.2 Å². The van der Waals surface area contributed by atoms with Crippen LogP contribution in [-0.4, -0.2) is 9.55 Å². The molecule has 0 saturated heterocycles. The number of rotatable bonds is 6. The first-order valence-electron chi connectivity index (χ1n) is 23.2. The van der Waals surface area contributed by atoms with Gasteiger partial charge in [0.1, 0.15) is 5.82 Å². The number of imidazole rings is 1. The van der Waals surface area contributed by atoms with E-state index in [2.05, 4.69) is 4.98 Å². The van der Waals surface area contributed by atoms with E-state index in [0.29, 0.717) is 71.6 Å². The summed E-state index contributed by atoms with van der Waals surface area (Å²) >= 11 is 0. The highest BCUT2D eigenvalue weighted by Gasteiger charge is 2.21. The predicted molar refractivity (Wildman–Crippen MR) is 207 cm³/mol. The standard InChI is InChI=1S/C47H34N2/c1-2-45-48-42-25-12-14-27-44(42)49(45)43-26-13-11-24-40(43)47-38-23-10-9-22-37(38)46(36-21-15-20-34(30-36)32-16-5-3-6-17-32)41-31-35(28-29-39(41)47)33-18-7-4-8-19-33/h3-31H,2H2,1H3/i1D3,2D2,3D,4D,5D,6D,7D,8D,16D,17D,18D,19D. The minimum atomic E-state index is -3.09. The third kappa shape index (κ3) is 4.92. The lowest BCUT2D eigenvalue weighted by atomic mass is 9.84. The van der Waals surface area contributed by atoms with E-state index in [0.717, 1.165) is 0 Å². The Hall–Kier alpha value is -6.25. The SMILES string of the molecule is [2H]c1c([2H])c([2H])c(-c2cccc(-c3c4ccccc4c(-c4ccccc4-n4c(C([2H])([2H])C([2H])([2H])[2H])nc5ccccc54)c4ccc(-c5c([2H])c([2H])c([2H])c([2H])c5[2H])cc34)c2)c([2H])c1[2H]. The number of nitrogens with zero attached hydrogens (tertiary/aromatic N) is 2. The van der Waals surface area contributed by atoms with Gasteiger partial charge in [0.2, 0.25) is 0 Å². The number of fused-ring (bicyclic) bond motifs is 3. The zero-order chi connectivity index (χ0) is 45.7. The van der Waals surface area contributed by atoms with Crippen LogP contribution in [0.2, 0.25) is 0 Å². The van der Waals surface area contributed by atoms with Crippen molar-refractivity contribution in [2.24, 2.45) is 0 Å². The monoisotopic (exact) mass is 641 g/mol. The molecule has 0 aliphatic rings. The van der Waals surface area contributed by atoms with Crippen LogP contribution in [0.5, 0.6) is 0 Å². The van der Waals surface area contributed by atoms with Crippen molar-refractivity contribution in [3.63, 3.8) is 0 Å². The molecule has 0 aliphatic heterocycles. The summed E-state index contributed by atoms with van der Waals surface area (Å²) in [6.45, 7) is -3.09. The first-order valence-corrected chi connectivity index (χ1v) is 15.7. The zero-order valence-corrected chi connectivity index (χ0v) is 25.9. The van der Waals surface area contributed by atoms with Crippen molar-refractivity contribution < 1.29 is 20.6 Å². The summed E-state index contributed by atoms with van der Waals surface area (Å²) in [6.07, 6.45) is -2.89. The molecule has 0 saturated carbocycles. The largest absolute Gasteiger partial charge is 0.296 e. The molecule has 9 rings (SSSR count). The maximum atomic E-state index is 8.92. The fourth-order valence-electron chi connectivity index (χ4n) is 6.79. The maximum Gasteiger partial charge on any atom is 0.114 e. The van der Waals surface area contributed by atoms with E-state index in [-0.39, 0.29) is 29.0 Å². The van der Waals surface area contributed by atoms with E-state index in [1.54, 1.807) is 72.8 Å². The normalized spacial score (nSPS) is 16.4. The zero-order valence-electron chi connectivity index (χ0n) is 40.9. The number of aryl methyl sites for hydroxylation is 1. The smallest absolute Gasteiger partial charge is 0.114 e. The molecule has 49 heavy (non-hydrogen) atoms. The summed E-state index contributed by atoms with van der Waals surface area (Å²) in [5.74, 6) is -0.320. The highest BCUT2D eigenvalue weighted by molar-refractivity contribution is 6.22. The van der Waals surface area contributed by atoms with Crippen LogP contribution in [0.25, 0.3) is 82.8 Å². The number of hydrogen-bond donors (Lipinski definition) is 0. The van der Waals surface area contributed by atoms with Crippen molar-refractivity contribution in [3.05, 3.63) is 182 Å². The number of aromatic nitrogens is 2. The number of para-hydroxylation sites is 3. The highest BCUT2D eigenvalue weighted by Crippen LogP contribution is 2.47. The minimum absolute atomic E-state index is 0.00658. The Morgan fingerprint density at radius 2 is 1.18 bits per heavy atom. The molecular weight excluding hydrogens is 593 g/mol. The van der Waals surface area contributed by atoms with Gasteiger partial charge in [0.15, 0.2) is 0 Å². The van der Waals surface area contributed by atoms with Crippen LogP contribution in [0.4, 0.5) is 0 Å². The van der Waals surface area contributed by atoms with Gasteiger partial charge in [-0.15, -0.1) is 0 Å². The number of benzene rings is 8.